The topological polar surface area (TPSA) is 529 Å². The van der Waals surface area contributed by atoms with Crippen LogP contribution in [0.2, 0.25) is 0 Å². The number of aromatic hydroxyl groups is 2. The number of ketones is 5. The van der Waals surface area contributed by atoms with E-state index >= 15 is 0 Å². The Morgan fingerprint density at radius 1 is 0.452 bits per heavy atom. The number of nitrogen functional groups attached to an aromatic ring is 2. The van der Waals surface area contributed by atoms with Crippen molar-refractivity contribution in [2.45, 2.75) is 185 Å². The minimum Gasteiger partial charge on any atom is -0.508 e. The van der Waals surface area contributed by atoms with Gasteiger partial charge in [0.15, 0.2) is 5.71 Å². The molecule has 5 aliphatic rings. The van der Waals surface area contributed by atoms with Gasteiger partial charge in [-0.05, 0) is 132 Å². The Balaban J connectivity index is 0.000000224. The van der Waals surface area contributed by atoms with Gasteiger partial charge in [-0.1, -0.05) is 108 Å². The predicted molar refractivity (Wildman–Crippen MR) is 430 cm³/mol. The zero-order valence-electron chi connectivity index (χ0n) is 64.3. The first-order valence-electron chi connectivity index (χ1n) is 37.0. The van der Waals surface area contributed by atoms with Crippen molar-refractivity contribution in [3.8, 4) is 11.5 Å². The third-order valence-corrected chi connectivity index (χ3v) is 18.1. The number of phenolic OH excluding ortho intramolecular Hbond substituents is 2. The standard InChI is InChI=1S/2C16H20BNO5.2C15H20BN3O4.C14H17BN2O5S/c1-11(19)8-14-6-3-7-15(17(22)23-14)18-16(21)10-12-4-2-5-13(20)9-12;1-11(19)9-13-6-4-8-15(17(22)23-13)18-16(21)10-12-5-2-3-7-14(12)20;1-10(20)8-12-5-3-6-13(16(22)23-12)19-15(21)9-11-4-2-7-14(17)18-11;1-10(20)7-12-3-2-4-13(16(22)23-12)19-15(21)9-11-5-6-18-14(17)8-11;1-9(18)8-10-4-2-6-12(15(20)22-10)16-14(19)13(17-21)11-5-3-7-23-11/h2-6,9,14-15,20,22H,7-8,10H2,1H3,(H,18,21);2-7,13,15,20,22H,8-10H2,1H3,(H,18,21);2-5,7,12-13,22H,6,8-9H2,1H3,(H2,17,18)(H,19,21);2-3,5-6,8,12-13,22H,4,7,9H2,1H3,(H2,17,18)(H,19,21);2-5,7,10,12,20-21H,6,8H2,1H3,(H,16,19)/b;;;;17-13-/t14-,15+;13-,15+;2*12-,13+;10-,12+/m11111/s1. The average molecular weight is 1600 g/mol. The molecule has 610 valence electrons. The predicted octanol–water partition coefficient (Wildman–Crippen LogP) is 2.35. The highest BCUT2D eigenvalue weighted by atomic mass is 32.1. The molecule has 8 heterocycles. The molecule has 0 fully saturated rings. The summed E-state index contributed by atoms with van der Waals surface area (Å²) in [6, 6.07) is 24.8. The molecule has 2 aromatic carbocycles. The van der Waals surface area contributed by atoms with Gasteiger partial charge in [0.2, 0.25) is 23.6 Å². The van der Waals surface area contributed by atoms with Gasteiger partial charge in [-0.3, -0.25) is 47.9 Å². The highest BCUT2D eigenvalue weighted by Gasteiger charge is 2.38. The Morgan fingerprint density at radius 3 is 1.20 bits per heavy atom. The van der Waals surface area contributed by atoms with Crippen LogP contribution in [0.15, 0.2) is 168 Å². The normalized spacial score (nSPS) is 21.1. The van der Waals surface area contributed by atoms with Crippen LogP contribution in [0.4, 0.5) is 11.6 Å². The van der Waals surface area contributed by atoms with Crippen LogP contribution in [0.3, 0.4) is 0 Å². The molecule has 0 bridgehead atoms. The largest absolute Gasteiger partial charge is 0.508 e. The van der Waals surface area contributed by atoms with E-state index in [-0.39, 0.29) is 128 Å². The molecule has 10 rings (SSSR count). The number of oxime groups is 1. The van der Waals surface area contributed by atoms with Gasteiger partial charge in [-0.15, -0.1) is 11.3 Å². The summed E-state index contributed by atoms with van der Waals surface area (Å²) in [6.07, 6.45) is 19.9. The molecule has 5 aliphatic heterocycles. The number of aromatic nitrogens is 2. The van der Waals surface area contributed by atoms with E-state index in [0.717, 1.165) is 5.56 Å². The number of nitrogens with one attached hydrogen (secondary N) is 5. The molecule has 5 aromatic rings. The lowest BCUT2D eigenvalue weighted by Crippen LogP contribution is -2.50. The van der Waals surface area contributed by atoms with Gasteiger partial charge >= 0.3 is 35.6 Å². The molecular formula is C76H97B5N10O23S. The second-order valence-corrected chi connectivity index (χ2v) is 28.5. The highest BCUT2D eigenvalue weighted by molar-refractivity contribution is 7.13. The van der Waals surface area contributed by atoms with Gasteiger partial charge in [0.25, 0.3) is 5.91 Å². The zero-order valence-corrected chi connectivity index (χ0v) is 65.1. The van der Waals surface area contributed by atoms with Crippen LogP contribution in [0, 0.1) is 0 Å². The summed E-state index contributed by atoms with van der Waals surface area (Å²) in [5.41, 5.74) is 13.5. The van der Waals surface area contributed by atoms with Gasteiger partial charge in [0.05, 0.1) is 96.5 Å². The van der Waals surface area contributed by atoms with Crippen molar-refractivity contribution in [3.63, 3.8) is 0 Å². The van der Waals surface area contributed by atoms with Crippen LogP contribution in [0.25, 0.3) is 0 Å². The summed E-state index contributed by atoms with van der Waals surface area (Å²) in [6.45, 7) is 7.29. The van der Waals surface area contributed by atoms with Crippen molar-refractivity contribution in [1.29, 1.82) is 0 Å². The molecule has 0 saturated carbocycles. The second kappa shape index (κ2) is 48.6. The summed E-state index contributed by atoms with van der Waals surface area (Å²) >= 11 is 1.26. The number of nitrogens with zero attached hydrogens (tertiary/aromatic N) is 3. The second-order valence-electron chi connectivity index (χ2n) is 27.5. The molecule has 3 aromatic heterocycles. The number of carbonyl (C=O) groups is 10. The van der Waals surface area contributed by atoms with E-state index in [1.807, 2.05) is 0 Å². The molecule has 115 heavy (non-hydrogen) atoms. The molecule has 5 amide bonds. The molecule has 10 atom stereocenters. The van der Waals surface area contributed by atoms with Gasteiger partial charge < -0.3 is 102 Å². The molecular weight excluding hydrogens is 1510 g/mol. The van der Waals surface area contributed by atoms with E-state index in [0.29, 0.717) is 65.4 Å². The molecule has 33 nitrogen and oxygen atoms in total. The van der Waals surface area contributed by atoms with Crippen LogP contribution < -0.4 is 38.1 Å². The fraction of sp³-hybridized carbons (Fsp3) is 0.382. The van der Waals surface area contributed by atoms with Crippen molar-refractivity contribution in [3.05, 3.63) is 191 Å². The van der Waals surface area contributed by atoms with E-state index in [1.54, 1.807) is 139 Å². The molecule has 17 N–H and O–H groups in total. The Hall–Kier alpha value is -10.6. The van der Waals surface area contributed by atoms with Crippen molar-refractivity contribution < 1.29 is 112 Å². The number of pyridine rings is 2. The number of para-hydroxylation sites is 1. The van der Waals surface area contributed by atoms with Gasteiger partial charge in [0.1, 0.15) is 52.1 Å². The van der Waals surface area contributed by atoms with Crippen LogP contribution >= 0.6 is 11.3 Å². The summed E-state index contributed by atoms with van der Waals surface area (Å²) < 4.78 is 27.0. The third kappa shape index (κ3) is 35.4. The Morgan fingerprint density at radius 2 is 0.835 bits per heavy atom. The number of nitrogens with two attached hydrogens (primary N) is 2. The number of carbonyl (C=O) groups excluding carboxylic acids is 10. The van der Waals surface area contributed by atoms with E-state index in [9.17, 15) is 83.3 Å². The molecule has 0 saturated heterocycles. The number of amides is 5. The Labute approximate surface area is 671 Å². The zero-order chi connectivity index (χ0) is 84.1. The molecule has 0 aliphatic carbocycles. The fourth-order valence-corrected chi connectivity index (χ4v) is 12.5. The minimum absolute atomic E-state index is 0.0104. The van der Waals surface area contributed by atoms with Crippen LogP contribution in [-0.2, 0) is 96.9 Å². The number of Topliss-reactive ketones (excluding diaryl/α,β-unsaturated/α-hetero) is 5. The van der Waals surface area contributed by atoms with Crippen LogP contribution in [0.5, 0.6) is 11.5 Å². The summed E-state index contributed by atoms with van der Waals surface area (Å²) in [5, 5.41) is 96.7. The van der Waals surface area contributed by atoms with Crippen molar-refractivity contribution in [2.75, 3.05) is 11.5 Å². The lowest BCUT2D eigenvalue weighted by molar-refractivity contribution is -0.121. The average Bonchev–Trinajstić information content (AvgIpc) is 1.93. The maximum Gasteiger partial charge on any atom is 0.478 e. The van der Waals surface area contributed by atoms with Crippen molar-refractivity contribution in [2.24, 2.45) is 5.16 Å². The number of benzene rings is 2. The Kier molecular flexibility index (Phi) is 39.4. The first-order chi connectivity index (χ1) is 54.8. The van der Waals surface area contributed by atoms with Gasteiger partial charge in [-0.25, -0.2) is 9.97 Å². The number of phenols is 2. The van der Waals surface area contributed by atoms with Crippen molar-refractivity contribution >= 4 is 123 Å². The molecule has 39 heteroatoms. The van der Waals surface area contributed by atoms with E-state index in [4.69, 9.17) is 39.9 Å². The summed E-state index contributed by atoms with van der Waals surface area (Å²) in [7, 11) is -5.97. The summed E-state index contributed by atoms with van der Waals surface area (Å²) in [5.74, 6) is -4.05. The van der Waals surface area contributed by atoms with Crippen LogP contribution in [0.1, 0.15) is 126 Å². The number of hydrogen-bond acceptors (Lipinski definition) is 29. The number of rotatable bonds is 25. The van der Waals surface area contributed by atoms with Gasteiger partial charge in [0, 0.05) is 43.9 Å². The number of thiophene rings is 1. The fourth-order valence-electron chi connectivity index (χ4n) is 11.8. The van der Waals surface area contributed by atoms with E-state index < -0.39 is 102 Å². The quantitative estimate of drug-likeness (QED) is 0.0131. The SMILES string of the molecule is CC(=O)C[C@H]1C=CC[C@H](NC(=O)/C(=N\O)c2cccs2)B(O)O1.CC(=O)C[C@H]1C=CC[C@H](NC(=O)Cc2cccc(N)n2)B(O)O1.CC(=O)C[C@H]1C=CC[C@H](NC(=O)Cc2cccc(O)c2)B(O)O1.CC(=O)C[C@H]1C=CC[C@H](NC(=O)Cc2ccccc2O)B(O)O1.CC(=O)C[C@H]1C=CC[C@H](NC(=O)Cc2ccnc(N)c2)B(O)O1. The van der Waals surface area contributed by atoms with Crippen LogP contribution in [-0.4, -0.2) is 210 Å². The van der Waals surface area contributed by atoms with E-state index in [1.165, 1.54) is 70.4 Å². The molecule has 0 spiro atoms. The lowest BCUT2D eigenvalue weighted by Gasteiger charge is -2.20. The highest BCUT2D eigenvalue weighted by Crippen LogP contribution is 2.22. The Bertz CT molecular complexity index is 4030. The smallest absolute Gasteiger partial charge is 0.478 e. The number of anilines is 2. The maximum absolute atomic E-state index is 12.2. The lowest BCUT2D eigenvalue weighted by atomic mass is 9.77. The maximum atomic E-state index is 12.2. The molecule has 0 unspecified atom stereocenters. The third-order valence-electron chi connectivity index (χ3n) is 17.2. The van der Waals surface area contributed by atoms with Gasteiger partial charge in [-0.2, -0.15) is 0 Å². The monoisotopic (exact) mass is 1600 g/mol. The minimum atomic E-state index is -1.26. The first-order valence-corrected chi connectivity index (χ1v) is 37.8. The number of hydrogen-bond donors (Lipinski definition) is 15. The molecule has 0 radical (unpaired) electrons. The van der Waals surface area contributed by atoms with Crippen molar-refractivity contribution in [1.82, 2.24) is 36.6 Å². The van der Waals surface area contributed by atoms with E-state index in [2.05, 4.69) is 41.7 Å². The first kappa shape index (κ1) is 93.3. The summed E-state index contributed by atoms with van der Waals surface area (Å²) in [4.78, 5) is 125.